The van der Waals surface area contributed by atoms with E-state index in [4.69, 9.17) is 0 Å². The molecule has 0 radical (unpaired) electrons. The Labute approximate surface area is 177 Å². The molecule has 0 aliphatic heterocycles. The minimum Gasteiger partial charge on any atom is -0.346 e. The SMILES string of the molecule is O=C(CNC(=O)C1(c2cccc(C(F)(F)F)c2)CC1)Nc1cccc2c(=O)[nH][nH]c(=O)c12. The molecule has 0 bridgehead atoms. The molecule has 32 heavy (non-hydrogen) atoms. The van der Waals surface area contributed by atoms with Gasteiger partial charge in [-0.05, 0) is 36.6 Å². The van der Waals surface area contributed by atoms with Crippen LogP contribution in [-0.4, -0.2) is 28.6 Å². The van der Waals surface area contributed by atoms with Crippen LogP contribution in [0.3, 0.4) is 0 Å². The van der Waals surface area contributed by atoms with Gasteiger partial charge in [0.2, 0.25) is 11.8 Å². The first-order valence-corrected chi connectivity index (χ1v) is 9.61. The normalized spacial score (nSPS) is 14.7. The predicted molar refractivity (Wildman–Crippen MR) is 109 cm³/mol. The molecule has 0 spiro atoms. The number of amides is 2. The van der Waals surface area contributed by atoms with Crippen molar-refractivity contribution in [2.75, 3.05) is 11.9 Å². The quantitative estimate of drug-likeness (QED) is 0.479. The maximum Gasteiger partial charge on any atom is 0.416 e. The van der Waals surface area contributed by atoms with E-state index in [2.05, 4.69) is 20.8 Å². The predicted octanol–water partition coefficient (Wildman–Crippen LogP) is 2.02. The molecule has 1 aliphatic carbocycles. The number of rotatable bonds is 5. The molecule has 0 saturated heterocycles. The Morgan fingerprint density at radius 1 is 1.00 bits per heavy atom. The number of hydrogen-bond donors (Lipinski definition) is 4. The summed E-state index contributed by atoms with van der Waals surface area (Å²) in [6.07, 6.45) is -3.80. The van der Waals surface area contributed by atoms with Crippen LogP contribution in [0.25, 0.3) is 10.8 Å². The zero-order valence-electron chi connectivity index (χ0n) is 16.4. The van der Waals surface area contributed by atoms with Crippen LogP contribution in [0, 0.1) is 0 Å². The van der Waals surface area contributed by atoms with Crippen LogP contribution in [0.4, 0.5) is 18.9 Å². The number of benzene rings is 2. The van der Waals surface area contributed by atoms with Gasteiger partial charge in [-0.25, -0.2) is 0 Å². The van der Waals surface area contributed by atoms with Crippen molar-refractivity contribution >= 4 is 28.3 Å². The summed E-state index contributed by atoms with van der Waals surface area (Å²) in [4.78, 5) is 49.0. The highest BCUT2D eigenvalue weighted by Gasteiger charge is 2.51. The van der Waals surface area contributed by atoms with E-state index >= 15 is 0 Å². The molecular weight excluding hydrogens is 429 g/mol. The molecule has 0 unspecified atom stereocenters. The molecule has 1 fully saturated rings. The molecule has 4 N–H and O–H groups in total. The molecule has 1 saturated carbocycles. The molecular formula is C21H17F3N4O4. The van der Waals surface area contributed by atoms with Crippen molar-refractivity contribution in [3.8, 4) is 0 Å². The molecule has 1 heterocycles. The first-order chi connectivity index (χ1) is 15.1. The third-order valence-electron chi connectivity index (χ3n) is 5.44. The van der Waals surface area contributed by atoms with Crippen molar-refractivity contribution in [1.82, 2.24) is 15.5 Å². The van der Waals surface area contributed by atoms with Gasteiger partial charge < -0.3 is 10.6 Å². The Bertz CT molecular complexity index is 1340. The molecule has 1 aliphatic rings. The molecule has 8 nitrogen and oxygen atoms in total. The van der Waals surface area contributed by atoms with Crippen molar-refractivity contribution in [2.24, 2.45) is 0 Å². The fourth-order valence-corrected chi connectivity index (χ4v) is 3.62. The van der Waals surface area contributed by atoms with Gasteiger partial charge in [0.1, 0.15) is 0 Å². The number of aromatic amines is 2. The highest BCUT2D eigenvalue weighted by molar-refractivity contribution is 6.03. The lowest BCUT2D eigenvalue weighted by Gasteiger charge is -2.17. The van der Waals surface area contributed by atoms with Crippen molar-refractivity contribution in [3.63, 3.8) is 0 Å². The second-order valence-corrected chi connectivity index (χ2v) is 7.53. The minimum atomic E-state index is -4.53. The van der Waals surface area contributed by atoms with Gasteiger partial charge in [0.15, 0.2) is 0 Å². The summed E-state index contributed by atoms with van der Waals surface area (Å²) in [7, 11) is 0. The lowest BCUT2D eigenvalue weighted by Crippen LogP contribution is -2.39. The zero-order chi connectivity index (χ0) is 23.1. The van der Waals surface area contributed by atoms with Crippen molar-refractivity contribution < 1.29 is 22.8 Å². The highest BCUT2D eigenvalue weighted by atomic mass is 19.4. The number of aromatic nitrogens is 2. The van der Waals surface area contributed by atoms with Gasteiger partial charge in [-0.2, -0.15) is 13.2 Å². The van der Waals surface area contributed by atoms with Gasteiger partial charge in [0.05, 0.1) is 34.0 Å². The lowest BCUT2D eigenvalue weighted by molar-refractivity contribution is -0.137. The summed E-state index contributed by atoms with van der Waals surface area (Å²) >= 11 is 0. The van der Waals surface area contributed by atoms with E-state index in [1.807, 2.05) is 0 Å². The smallest absolute Gasteiger partial charge is 0.346 e. The second kappa shape index (κ2) is 7.66. The first kappa shape index (κ1) is 21.3. The fraction of sp³-hybridized carbons (Fsp3) is 0.238. The molecule has 2 aromatic carbocycles. The van der Waals surface area contributed by atoms with E-state index in [1.54, 1.807) is 0 Å². The van der Waals surface area contributed by atoms with Crippen molar-refractivity contribution in [2.45, 2.75) is 24.4 Å². The number of nitrogens with one attached hydrogen (secondary N) is 4. The highest BCUT2D eigenvalue weighted by Crippen LogP contribution is 2.49. The van der Waals surface area contributed by atoms with Gasteiger partial charge in [-0.3, -0.25) is 29.4 Å². The van der Waals surface area contributed by atoms with Gasteiger partial charge in [0, 0.05) is 0 Å². The van der Waals surface area contributed by atoms with Crippen LogP contribution in [0.1, 0.15) is 24.0 Å². The Kier molecular flexibility index (Phi) is 5.11. The second-order valence-electron chi connectivity index (χ2n) is 7.53. The molecule has 3 aromatic rings. The van der Waals surface area contributed by atoms with Crippen LogP contribution in [-0.2, 0) is 21.2 Å². The van der Waals surface area contributed by atoms with E-state index in [9.17, 15) is 32.3 Å². The Morgan fingerprint density at radius 3 is 2.38 bits per heavy atom. The number of carbonyl (C=O) groups excluding carboxylic acids is 2. The number of carbonyl (C=O) groups is 2. The topological polar surface area (TPSA) is 124 Å². The number of halogens is 3. The largest absolute Gasteiger partial charge is 0.416 e. The average molecular weight is 446 g/mol. The molecule has 1 aromatic heterocycles. The average Bonchev–Trinajstić information content (AvgIpc) is 3.56. The summed E-state index contributed by atoms with van der Waals surface area (Å²) in [5.74, 6) is -1.22. The van der Waals surface area contributed by atoms with Crippen LogP contribution < -0.4 is 21.8 Å². The molecule has 166 valence electrons. The molecule has 11 heteroatoms. The molecule has 4 rings (SSSR count). The summed E-state index contributed by atoms with van der Waals surface area (Å²) in [6.45, 7) is -0.461. The van der Waals surface area contributed by atoms with E-state index in [-0.39, 0.29) is 22.0 Å². The number of alkyl halides is 3. The first-order valence-electron chi connectivity index (χ1n) is 9.61. The monoisotopic (exact) mass is 446 g/mol. The number of fused-ring (bicyclic) bond motifs is 1. The summed E-state index contributed by atoms with van der Waals surface area (Å²) < 4.78 is 39.0. The maximum atomic E-state index is 13.0. The summed E-state index contributed by atoms with van der Waals surface area (Å²) in [6, 6.07) is 8.93. The van der Waals surface area contributed by atoms with Gasteiger partial charge in [-0.1, -0.05) is 24.3 Å². The number of hydrogen-bond acceptors (Lipinski definition) is 4. The van der Waals surface area contributed by atoms with Gasteiger partial charge >= 0.3 is 6.18 Å². The fourth-order valence-electron chi connectivity index (χ4n) is 3.62. The Hall–Kier alpha value is -3.89. The maximum absolute atomic E-state index is 13.0. The van der Waals surface area contributed by atoms with Gasteiger partial charge in [0.25, 0.3) is 11.1 Å². The van der Waals surface area contributed by atoms with E-state index < -0.39 is 46.6 Å². The minimum absolute atomic E-state index is 0.0152. The van der Waals surface area contributed by atoms with E-state index in [0.29, 0.717) is 12.8 Å². The summed E-state index contributed by atoms with van der Waals surface area (Å²) in [5, 5.41) is 9.35. The third kappa shape index (κ3) is 3.88. The standard InChI is InChI=1S/C21H17F3N4O4/c22-21(23,24)12-4-1-3-11(9-12)20(7-8-20)19(32)25-10-15(29)26-14-6-2-5-13-16(14)18(31)28-27-17(13)30/h1-6,9H,7-8,10H2,(H,25,32)(H,26,29)(H,27,30)(H,28,31). The Morgan fingerprint density at radius 2 is 1.69 bits per heavy atom. The van der Waals surface area contributed by atoms with E-state index in [1.165, 1.54) is 30.3 Å². The van der Waals surface area contributed by atoms with Gasteiger partial charge in [-0.15, -0.1) is 0 Å². The van der Waals surface area contributed by atoms with E-state index in [0.717, 1.165) is 12.1 Å². The van der Waals surface area contributed by atoms with Crippen molar-refractivity contribution in [1.29, 1.82) is 0 Å². The molecule has 2 amide bonds. The lowest BCUT2D eigenvalue weighted by atomic mass is 9.93. The Balaban J connectivity index is 1.47. The third-order valence-corrected chi connectivity index (χ3v) is 5.44. The molecule has 0 atom stereocenters. The number of anilines is 1. The van der Waals surface area contributed by atoms with Crippen LogP contribution in [0.15, 0.2) is 52.1 Å². The summed E-state index contributed by atoms with van der Waals surface area (Å²) in [5.41, 5.74) is -2.77. The van der Waals surface area contributed by atoms with Crippen LogP contribution >= 0.6 is 0 Å². The van der Waals surface area contributed by atoms with Crippen LogP contribution in [0.5, 0.6) is 0 Å². The van der Waals surface area contributed by atoms with Crippen LogP contribution in [0.2, 0.25) is 0 Å². The van der Waals surface area contributed by atoms with Crippen molar-refractivity contribution in [3.05, 3.63) is 74.3 Å². The zero-order valence-corrected chi connectivity index (χ0v) is 16.4. The number of H-pyrrole nitrogens is 2.